The molecule has 0 aliphatic carbocycles. The smallest absolute Gasteiger partial charge is 0.123 e. The molecule has 92 valence electrons. The van der Waals surface area contributed by atoms with E-state index in [1.54, 1.807) is 19.2 Å². The Bertz CT molecular complexity index is 556. The third kappa shape index (κ3) is 2.77. The summed E-state index contributed by atoms with van der Waals surface area (Å²) in [5.74, 6) is 0.654. The van der Waals surface area contributed by atoms with E-state index < -0.39 is 0 Å². The van der Waals surface area contributed by atoms with Crippen molar-refractivity contribution in [3.8, 4) is 5.75 Å². The topological polar surface area (TPSA) is 9.23 Å². The van der Waals surface area contributed by atoms with Crippen molar-refractivity contribution in [3.63, 3.8) is 0 Å². The van der Waals surface area contributed by atoms with Crippen molar-refractivity contribution in [2.24, 2.45) is 0 Å². The summed E-state index contributed by atoms with van der Waals surface area (Å²) in [6.45, 7) is 2.02. The second-order valence-electron chi connectivity index (χ2n) is 4.06. The van der Waals surface area contributed by atoms with Crippen LogP contribution in [0.4, 0.5) is 4.39 Å². The van der Waals surface area contributed by atoms with Gasteiger partial charge in [-0.15, -0.1) is 0 Å². The first-order chi connectivity index (χ1) is 8.70. The highest BCUT2D eigenvalue weighted by molar-refractivity contribution is 5.72. The highest BCUT2D eigenvalue weighted by atomic mass is 19.1. The maximum Gasteiger partial charge on any atom is 0.123 e. The molecule has 0 saturated carbocycles. The lowest BCUT2D eigenvalue weighted by Crippen LogP contribution is -1.88. The number of benzene rings is 2. The van der Waals surface area contributed by atoms with Gasteiger partial charge in [0.15, 0.2) is 0 Å². The maximum atomic E-state index is 12.8. The monoisotopic (exact) mass is 242 g/mol. The van der Waals surface area contributed by atoms with Crippen molar-refractivity contribution >= 4 is 12.2 Å². The molecule has 0 saturated heterocycles. The summed E-state index contributed by atoms with van der Waals surface area (Å²) in [5, 5.41) is 0. The molecule has 0 fully saturated rings. The Balaban J connectivity index is 2.26. The van der Waals surface area contributed by atoms with Crippen molar-refractivity contribution in [1.29, 1.82) is 0 Å². The molecule has 1 nitrogen and oxygen atoms in total. The Morgan fingerprint density at radius 2 is 1.72 bits per heavy atom. The molecule has 0 radical (unpaired) electrons. The van der Waals surface area contributed by atoms with Crippen LogP contribution < -0.4 is 4.74 Å². The molecule has 18 heavy (non-hydrogen) atoms. The normalized spacial score (nSPS) is 10.8. The van der Waals surface area contributed by atoms with Gasteiger partial charge in [-0.05, 0) is 41.8 Å². The Morgan fingerprint density at radius 1 is 1.00 bits per heavy atom. The van der Waals surface area contributed by atoms with Crippen LogP contribution in [0.2, 0.25) is 0 Å². The van der Waals surface area contributed by atoms with E-state index >= 15 is 0 Å². The fraction of sp³-hybridized carbons (Fsp3) is 0.125. The van der Waals surface area contributed by atoms with Crippen LogP contribution in [0.5, 0.6) is 5.75 Å². The Labute approximate surface area is 107 Å². The number of ether oxygens (including phenoxy) is 1. The molecule has 0 heterocycles. The van der Waals surface area contributed by atoms with Crippen LogP contribution in [-0.4, -0.2) is 7.11 Å². The molecular formula is C16H15FO. The lowest BCUT2D eigenvalue weighted by atomic mass is 10.1. The molecule has 0 aliphatic rings. The van der Waals surface area contributed by atoms with E-state index in [-0.39, 0.29) is 5.82 Å². The minimum atomic E-state index is -0.218. The van der Waals surface area contributed by atoms with Crippen LogP contribution in [0.25, 0.3) is 12.2 Å². The highest BCUT2D eigenvalue weighted by Crippen LogP contribution is 2.22. The van der Waals surface area contributed by atoms with Crippen molar-refractivity contribution in [3.05, 3.63) is 65.0 Å². The molecule has 0 amide bonds. The van der Waals surface area contributed by atoms with Crippen molar-refractivity contribution < 1.29 is 9.13 Å². The molecule has 2 heteroatoms. The minimum Gasteiger partial charge on any atom is -0.496 e. The van der Waals surface area contributed by atoms with E-state index in [4.69, 9.17) is 4.74 Å². The predicted molar refractivity (Wildman–Crippen MR) is 73.1 cm³/mol. The van der Waals surface area contributed by atoms with Crippen LogP contribution in [0.3, 0.4) is 0 Å². The maximum absolute atomic E-state index is 12.8. The number of hydrogen-bond donors (Lipinski definition) is 0. The molecule has 0 aromatic heterocycles. The van der Waals surface area contributed by atoms with Gasteiger partial charge in [-0.2, -0.15) is 0 Å². The molecular weight excluding hydrogens is 227 g/mol. The number of hydrogen-bond acceptors (Lipinski definition) is 1. The molecule has 2 rings (SSSR count). The van der Waals surface area contributed by atoms with E-state index in [0.29, 0.717) is 0 Å². The van der Waals surface area contributed by atoms with Crippen LogP contribution in [0.1, 0.15) is 16.7 Å². The quantitative estimate of drug-likeness (QED) is 0.728. The van der Waals surface area contributed by atoms with E-state index in [1.807, 2.05) is 37.3 Å². The van der Waals surface area contributed by atoms with Crippen molar-refractivity contribution in [2.45, 2.75) is 6.92 Å². The lowest BCUT2D eigenvalue weighted by Gasteiger charge is -2.06. The van der Waals surface area contributed by atoms with E-state index in [1.165, 1.54) is 12.1 Å². The SMILES string of the molecule is COc1cccc(/C=C/c2ccc(F)cc2)c1C. The summed E-state index contributed by atoms with van der Waals surface area (Å²) in [6.07, 6.45) is 3.96. The largest absolute Gasteiger partial charge is 0.496 e. The van der Waals surface area contributed by atoms with Gasteiger partial charge in [-0.3, -0.25) is 0 Å². The zero-order valence-corrected chi connectivity index (χ0v) is 10.5. The minimum absolute atomic E-state index is 0.218. The zero-order chi connectivity index (χ0) is 13.0. The fourth-order valence-electron chi connectivity index (χ4n) is 1.79. The van der Waals surface area contributed by atoms with Gasteiger partial charge in [0.1, 0.15) is 11.6 Å². The zero-order valence-electron chi connectivity index (χ0n) is 10.5. The summed E-state index contributed by atoms with van der Waals surface area (Å²) in [4.78, 5) is 0. The van der Waals surface area contributed by atoms with Gasteiger partial charge in [0, 0.05) is 0 Å². The molecule has 0 N–H and O–H groups in total. The third-order valence-corrected chi connectivity index (χ3v) is 2.87. The molecule has 0 aliphatic heterocycles. The first-order valence-electron chi connectivity index (χ1n) is 5.78. The first kappa shape index (κ1) is 12.4. The second kappa shape index (κ2) is 5.50. The van der Waals surface area contributed by atoms with Gasteiger partial charge in [0.2, 0.25) is 0 Å². The third-order valence-electron chi connectivity index (χ3n) is 2.87. The Hall–Kier alpha value is -2.09. The fourth-order valence-corrected chi connectivity index (χ4v) is 1.79. The number of rotatable bonds is 3. The van der Waals surface area contributed by atoms with Crippen LogP contribution >= 0.6 is 0 Å². The predicted octanol–water partition coefficient (Wildman–Crippen LogP) is 4.31. The summed E-state index contributed by atoms with van der Waals surface area (Å²) < 4.78 is 18.0. The van der Waals surface area contributed by atoms with Gasteiger partial charge in [0.05, 0.1) is 7.11 Å². The molecule has 0 spiro atoms. The second-order valence-corrected chi connectivity index (χ2v) is 4.06. The van der Waals surface area contributed by atoms with Gasteiger partial charge < -0.3 is 4.74 Å². The lowest BCUT2D eigenvalue weighted by molar-refractivity contribution is 0.411. The Kier molecular flexibility index (Phi) is 3.78. The van der Waals surface area contributed by atoms with Crippen LogP contribution in [0.15, 0.2) is 42.5 Å². The summed E-state index contributed by atoms with van der Waals surface area (Å²) in [6, 6.07) is 12.3. The van der Waals surface area contributed by atoms with Crippen molar-refractivity contribution in [1.82, 2.24) is 0 Å². The molecule has 2 aromatic carbocycles. The van der Waals surface area contributed by atoms with Crippen molar-refractivity contribution in [2.75, 3.05) is 7.11 Å². The van der Waals surface area contributed by atoms with Crippen LogP contribution in [0, 0.1) is 12.7 Å². The molecule has 0 unspecified atom stereocenters. The van der Waals surface area contributed by atoms with Crippen LogP contribution in [-0.2, 0) is 0 Å². The first-order valence-corrected chi connectivity index (χ1v) is 5.78. The average molecular weight is 242 g/mol. The van der Waals surface area contributed by atoms with Gasteiger partial charge in [-0.25, -0.2) is 4.39 Å². The highest BCUT2D eigenvalue weighted by Gasteiger charge is 2.00. The van der Waals surface area contributed by atoms with E-state index in [9.17, 15) is 4.39 Å². The number of halogens is 1. The standard InChI is InChI=1S/C16H15FO/c1-12-14(4-3-5-16(12)18-2)9-6-13-7-10-15(17)11-8-13/h3-11H,1-2H3/b9-6+. The molecule has 2 aromatic rings. The Morgan fingerprint density at radius 3 is 2.39 bits per heavy atom. The summed E-state index contributed by atoms with van der Waals surface area (Å²) >= 11 is 0. The van der Waals surface area contributed by atoms with Gasteiger partial charge in [-0.1, -0.05) is 36.4 Å². The summed E-state index contributed by atoms with van der Waals surface area (Å²) in [7, 11) is 1.66. The molecule has 0 bridgehead atoms. The molecule has 0 atom stereocenters. The number of methoxy groups -OCH3 is 1. The van der Waals surface area contributed by atoms with Gasteiger partial charge in [0.25, 0.3) is 0 Å². The summed E-state index contributed by atoms with van der Waals surface area (Å²) in [5.41, 5.74) is 3.16. The van der Waals surface area contributed by atoms with Gasteiger partial charge >= 0.3 is 0 Å². The van der Waals surface area contributed by atoms with E-state index in [2.05, 4.69) is 0 Å². The van der Waals surface area contributed by atoms with E-state index in [0.717, 1.165) is 22.4 Å². The average Bonchev–Trinajstić information content (AvgIpc) is 2.39.